The van der Waals surface area contributed by atoms with Gasteiger partial charge in [-0.2, -0.15) is 0 Å². The molecule has 0 aromatic carbocycles. The van der Waals surface area contributed by atoms with Gasteiger partial charge in [0.05, 0.1) is 0 Å². The third-order valence-electron chi connectivity index (χ3n) is 4.28. The fourth-order valence-corrected chi connectivity index (χ4v) is 2.88. The van der Waals surface area contributed by atoms with Crippen LogP contribution in [0, 0.1) is 0 Å². The Kier molecular flexibility index (Phi) is 23.8. The predicted octanol–water partition coefficient (Wildman–Crippen LogP) is 2.50. The van der Waals surface area contributed by atoms with Crippen LogP contribution in [-0.2, 0) is 9.53 Å². The Morgan fingerprint density at radius 2 is 1.08 bits per heavy atom. The summed E-state index contributed by atoms with van der Waals surface area (Å²) < 4.78 is 4.57. The molecule has 0 aliphatic heterocycles. The Bertz CT molecular complexity index is 257. The van der Waals surface area contributed by atoms with Crippen LogP contribution in [0.15, 0.2) is 0 Å². The van der Waals surface area contributed by atoms with Crippen LogP contribution in [0.4, 0.5) is 0 Å². The number of carbonyl (C=O) groups excluding carboxylic acids is 1. The number of hydrogen-bond donors (Lipinski definition) is 0. The fraction of sp³-hybridized carbons (Fsp3) is 0.950. The van der Waals surface area contributed by atoms with Crippen LogP contribution < -0.4 is 34.7 Å². The topological polar surface area (TPSA) is 49.4 Å². The van der Waals surface area contributed by atoms with Crippen LogP contribution >= 0.6 is 0 Å². The van der Waals surface area contributed by atoms with E-state index >= 15 is 0 Å². The summed E-state index contributed by atoms with van der Waals surface area (Å²) in [5, 5.41) is 10.7. The van der Waals surface area contributed by atoms with E-state index in [1.807, 2.05) is 0 Å². The molecular formula is C20H39NaO3. The molecule has 0 aliphatic rings. The molecule has 0 saturated carbocycles. The molecular weight excluding hydrogens is 311 g/mol. The summed E-state index contributed by atoms with van der Waals surface area (Å²) in [4.78, 5) is 11.2. The third-order valence-corrected chi connectivity index (χ3v) is 4.28. The van der Waals surface area contributed by atoms with Crippen LogP contribution in [0.3, 0.4) is 0 Å². The number of ether oxygens (including phenoxy) is 1. The standard InChI is InChI=1S/C20H39O3.Na/c1-3-4-5-6-7-8-9-10-11-12-13-14-15-16-17-18-20(22)23-19(2)21;/h19H,3-18H2,1-2H3;/q-1;+1. The van der Waals surface area contributed by atoms with Gasteiger partial charge in [0.15, 0.2) is 0 Å². The zero-order valence-electron chi connectivity index (χ0n) is 16.6. The van der Waals surface area contributed by atoms with Crippen molar-refractivity contribution in [3.63, 3.8) is 0 Å². The molecule has 4 heteroatoms. The van der Waals surface area contributed by atoms with E-state index in [0.717, 1.165) is 12.8 Å². The van der Waals surface area contributed by atoms with Crippen molar-refractivity contribution in [1.29, 1.82) is 0 Å². The van der Waals surface area contributed by atoms with Crippen LogP contribution in [0.25, 0.3) is 0 Å². The van der Waals surface area contributed by atoms with Crippen LogP contribution in [0.2, 0.25) is 0 Å². The smallest absolute Gasteiger partial charge is 0.822 e. The van der Waals surface area contributed by atoms with Crippen molar-refractivity contribution in [3.8, 4) is 0 Å². The molecule has 1 unspecified atom stereocenters. The molecule has 24 heavy (non-hydrogen) atoms. The minimum absolute atomic E-state index is 0. The van der Waals surface area contributed by atoms with E-state index in [4.69, 9.17) is 0 Å². The Morgan fingerprint density at radius 1 is 0.750 bits per heavy atom. The molecule has 0 rings (SSSR count). The molecule has 0 aromatic rings. The summed E-state index contributed by atoms with van der Waals surface area (Å²) in [6, 6.07) is 0. The summed E-state index contributed by atoms with van der Waals surface area (Å²) in [6.07, 6.45) is 18.8. The summed E-state index contributed by atoms with van der Waals surface area (Å²) in [6.45, 7) is 3.62. The number of rotatable bonds is 17. The normalized spacial score (nSPS) is 11.8. The van der Waals surface area contributed by atoms with E-state index in [-0.39, 0.29) is 35.5 Å². The zero-order valence-corrected chi connectivity index (χ0v) is 18.6. The number of carbonyl (C=O) groups is 1. The van der Waals surface area contributed by atoms with E-state index in [1.54, 1.807) is 0 Å². The van der Waals surface area contributed by atoms with Gasteiger partial charge in [0, 0.05) is 12.7 Å². The Morgan fingerprint density at radius 3 is 1.42 bits per heavy atom. The molecule has 138 valence electrons. The first-order chi connectivity index (χ1) is 11.2. The van der Waals surface area contributed by atoms with Gasteiger partial charge in [0.2, 0.25) is 0 Å². The van der Waals surface area contributed by atoms with Crippen molar-refractivity contribution in [2.75, 3.05) is 0 Å². The first-order valence-electron chi connectivity index (χ1n) is 10.0. The monoisotopic (exact) mass is 350 g/mol. The molecule has 0 aliphatic carbocycles. The fourth-order valence-electron chi connectivity index (χ4n) is 2.88. The maximum atomic E-state index is 11.2. The molecule has 1 atom stereocenters. The summed E-state index contributed by atoms with van der Waals surface area (Å²) in [7, 11) is 0. The Balaban J connectivity index is 0. The summed E-state index contributed by atoms with van der Waals surface area (Å²) in [5.41, 5.74) is 0. The van der Waals surface area contributed by atoms with Crippen molar-refractivity contribution < 1.29 is 44.2 Å². The Labute approximate surface area is 172 Å². The second-order valence-electron chi connectivity index (χ2n) is 6.76. The predicted molar refractivity (Wildman–Crippen MR) is 95.1 cm³/mol. The average molecular weight is 351 g/mol. The maximum Gasteiger partial charge on any atom is 1.00 e. The van der Waals surface area contributed by atoms with Gasteiger partial charge in [-0.3, -0.25) is 4.79 Å². The largest absolute Gasteiger partial charge is 1.00 e. The van der Waals surface area contributed by atoms with Crippen molar-refractivity contribution >= 4 is 5.97 Å². The van der Waals surface area contributed by atoms with Gasteiger partial charge in [0.25, 0.3) is 0 Å². The van der Waals surface area contributed by atoms with Gasteiger partial charge < -0.3 is 9.84 Å². The van der Waals surface area contributed by atoms with Crippen LogP contribution in [0.1, 0.15) is 117 Å². The van der Waals surface area contributed by atoms with E-state index in [9.17, 15) is 9.90 Å². The minimum Gasteiger partial charge on any atom is -0.822 e. The van der Waals surface area contributed by atoms with Crippen molar-refractivity contribution in [3.05, 3.63) is 0 Å². The molecule has 3 nitrogen and oxygen atoms in total. The summed E-state index contributed by atoms with van der Waals surface area (Å²) >= 11 is 0. The third kappa shape index (κ3) is 22.4. The second-order valence-corrected chi connectivity index (χ2v) is 6.76. The second kappa shape index (κ2) is 21.5. The van der Waals surface area contributed by atoms with Gasteiger partial charge in [-0.25, -0.2) is 0 Å². The molecule has 0 saturated heterocycles. The first kappa shape index (κ1) is 26.7. The van der Waals surface area contributed by atoms with Gasteiger partial charge in [-0.15, -0.1) is 0 Å². The quantitative estimate of drug-likeness (QED) is 0.175. The average Bonchev–Trinajstić information content (AvgIpc) is 2.50. The molecule has 0 bridgehead atoms. The maximum absolute atomic E-state index is 11.2. The van der Waals surface area contributed by atoms with E-state index < -0.39 is 6.29 Å². The Hall–Kier alpha value is 0.430. The molecule has 0 aromatic heterocycles. The molecule has 0 amide bonds. The molecule has 0 heterocycles. The molecule has 0 N–H and O–H groups in total. The molecule has 0 fully saturated rings. The summed E-state index contributed by atoms with van der Waals surface area (Å²) in [5.74, 6) is -0.345. The minimum atomic E-state index is -1.22. The van der Waals surface area contributed by atoms with Gasteiger partial charge >= 0.3 is 35.5 Å². The van der Waals surface area contributed by atoms with Crippen molar-refractivity contribution in [2.45, 2.75) is 123 Å². The van der Waals surface area contributed by atoms with Crippen molar-refractivity contribution in [1.82, 2.24) is 0 Å². The van der Waals surface area contributed by atoms with Gasteiger partial charge in [0.1, 0.15) is 0 Å². The van der Waals surface area contributed by atoms with Crippen LogP contribution in [-0.4, -0.2) is 12.3 Å². The molecule has 0 spiro atoms. The van der Waals surface area contributed by atoms with E-state index in [0.29, 0.717) is 6.42 Å². The molecule has 0 radical (unpaired) electrons. The van der Waals surface area contributed by atoms with Crippen molar-refractivity contribution in [2.24, 2.45) is 0 Å². The SMILES string of the molecule is CCCCCCCCCCCCCCCCCC(=O)OC(C)[O-].[Na+]. The number of hydrogen-bond acceptors (Lipinski definition) is 3. The van der Waals surface area contributed by atoms with E-state index in [2.05, 4.69) is 11.7 Å². The number of esters is 1. The van der Waals surface area contributed by atoms with Gasteiger partial charge in [-0.05, 0) is 13.3 Å². The van der Waals surface area contributed by atoms with Gasteiger partial charge in [-0.1, -0.05) is 96.8 Å². The number of unbranched alkanes of at least 4 members (excludes halogenated alkanes) is 14. The van der Waals surface area contributed by atoms with Crippen LogP contribution in [0.5, 0.6) is 0 Å². The zero-order chi connectivity index (χ0) is 17.2. The first-order valence-corrected chi connectivity index (χ1v) is 10.0. The van der Waals surface area contributed by atoms with E-state index in [1.165, 1.54) is 90.4 Å².